The molecule has 0 radical (unpaired) electrons. The molecule has 0 aromatic heterocycles. The van der Waals surface area contributed by atoms with Crippen molar-refractivity contribution in [2.75, 3.05) is 26.3 Å². The van der Waals surface area contributed by atoms with E-state index in [0.29, 0.717) is 18.6 Å². The molecule has 3 heteroatoms. The Morgan fingerprint density at radius 3 is 2.85 bits per heavy atom. The lowest BCUT2D eigenvalue weighted by Gasteiger charge is -2.22. The summed E-state index contributed by atoms with van der Waals surface area (Å²) in [6.07, 6.45) is 2.30. The van der Waals surface area contributed by atoms with Crippen molar-refractivity contribution in [1.82, 2.24) is 4.90 Å². The molecule has 0 amide bonds. The number of nitrogens with zero attached hydrogens (tertiary/aromatic N) is 1. The molecule has 0 bridgehead atoms. The zero-order valence-corrected chi connectivity index (χ0v) is 12.9. The lowest BCUT2D eigenvalue weighted by molar-refractivity contribution is 0.139. The summed E-state index contributed by atoms with van der Waals surface area (Å²) in [5, 5.41) is 9.29. The summed E-state index contributed by atoms with van der Waals surface area (Å²) in [6, 6.07) is 6.70. The van der Waals surface area contributed by atoms with E-state index in [9.17, 15) is 5.11 Å². The van der Waals surface area contributed by atoms with E-state index in [1.165, 1.54) is 17.5 Å². The summed E-state index contributed by atoms with van der Waals surface area (Å²) < 4.78 is 5.85. The van der Waals surface area contributed by atoms with Gasteiger partial charge in [-0.05, 0) is 55.5 Å². The Balaban J connectivity index is 1.84. The summed E-state index contributed by atoms with van der Waals surface area (Å²) in [5.41, 5.74) is 2.68. The van der Waals surface area contributed by atoms with E-state index in [2.05, 4.69) is 43.9 Å². The highest BCUT2D eigenvalue weighted by Gasteiger charge is 2.23. The van der Waals surface area contributed by atoms with Crippen molar-refractivity contribution in [2.45, 2.75) is 45.6 Å². The zero-order valence-electron chi connectivity index (χ0n) is 12.9. The quantitative estimate of drug-likeness (QED) is 0.867. The Bertz CT molecular complexity index is 431. The maximum Gasteiger partial charge on any atom is 0.119 e. The fourth-order valence-electron chi connectivity index (χ4n) is 3.06. The maximum absolute atomic E-state index is 9.29. The molecule has 0 saturated carbocycles. The Morgan fingerprint density at radius 2 is 2.20 bits per heavy atom. The van der Waals surface area contributed by atoms with Crippen LogP contribution in [0, 0.1) is 6.92 Å². The van der Waals surface area contributed by atoms with Crippen molar-refractivity contribution >= 4 is 0 Å². The fourth-order valence-corrected chi connectivity index (χ4v) is 3.06. The first-order valence-electron chi connectivity index (χ1n) is 7.70. The van der Waals surface area contributed by atoms with Gasteiger partial charge >= 0.3 is 0 Å². The minimum Gasteiger partial charge on any atom is -0.492 e. The first kappa shape index (κ1) is 15.3. The van der Waals surface area contributed by atoms with Gasteiger partial charge in [0.05, 0.1) is 6.61 Å². The molecule has 1 heterocycles. The molecule has 1 saturated heterocycles. The smallest absolute Gasteiger partial charge is 0.119 e. The van der Waals surface area contributed by atoms with E-state index in [0.717, 1.165) is 25.3 Å². The summed E-state index contributed by atoms with van der Waals surface area (Å²) in [4.78, 5) is 2.33. The van der Waals surface area contributed by atoms with Gasteiger partial charge in [-0.1, -0.05) is 19.9 Å². The minimum absolute atomic E-state index is 0.266. The van der Waals surface area contributed by atoms with Crippen molar-refractivity contribution in [3.05, 3.63) is 29.3 Å². The number of aryl methyl sites for hydroxylation is 1. The topological polar surface area (TPSA) is 32.7 Å². The van der Waals surface area contributed by atoms with E-state index in [4.69, 9.17) is 4.74 Å². The van der Waals surface area contributed by atoms with Gasteiger partial charge in [-0.15, -0.1) is 0 Å². The third-order valence-corrected chi connectivity index (χ3v) is 4.22. The average molecular weight is 277 g/mol. The molecule has 2 rings (SSSR count). The Labute approximate surface area is 122 Å². The van der Waals surface area contributed by atoms with Gasteiger partial charge in [0.15, 0.2) is 0 Å². The van der Waals surface area contributed by atoms with Crippen molar-refractivity contribution in [1.29, 1.82) is 0 Å². The monoisotopic (exact) mass is 277 g/mol. The van der Waals surface area contributed by atoms with Gasteiger partial charge in [0, 0.05) is 12.6 Å². The summed E-state index contributed by atoms with van der Waals surface area (Å²) >= 11 is 0. The lowest BCUT2D eigenvalue weighted by Crippen LogP contribution is -2.35. The standard InChI is InChI=1S/C17H27NO2/c1-13(2)17-7-6-16(11-14(17)3)20-10-9-18-8-4-5-15(18)12-19/h6-7,11,13,15,19H,4-5,8-10,12H2,1-3H3. The highest BCUT2D eigenvalue weighted by Crippen LogP contribution is 2.23. The highest BCUT2D eigenvalue weighted by molar-refractivity contribution is 5.36. The number of hydrogen-bond acceptors (Lipinski definition) is 3. The predicted molar refractivity (Wildman–Crippen MR) is 82.4 cm³/mol. The molecule has 1 N–H and O–H groups in total. The lowest BCUT2D eigenvalue weighted by atomic mass is 9.98. The van der Waals surface area contributed by atoms with Crippen molar-refractivity contribution < 1.29 is 9.84 Å². The molecule has 1 aliphatic heterocycles. The molecule has 1 unspecified atom stereocenters. The number of benzene rings is 1. The highest BCUT2D eigenvalue weighted by atomic mass is 16.5. The van der Waals surface area contributed by atoms with Gasteiger partial charge in [0.2, 0.25) is 0 Å². The van der Waals surface area contributed by atoms with Crippen LogP contribution in [0.3, 0.4) is 0 Å². The number of rotatable bonds is 6. The Morgan fingerprint density at radius 1 is 1.40 bits per heavy atom. The van der Waals surface area contributed by atoms with Crippen LogP contribution in [0.25, 0.3) is 0 Å². The molecule has 0 aliphatic carbocycles. The van der Waals surface area contributed by atoms with E-state index in [-0.39, 0.29) is 6.61 Å². The van der Waals surface area contributed by atoms with Crippen LogP contribution in [0.2, 0.25) is 0 Å². The molecule has 1 atom stereocenters. The van der Waals surface area contributed by atoms with Crippen LogP contribution in [0.15, 0.2) is 18.2 Å². The van der Waals surface area contributed by atoms with Crippen LogP contribution in [0.1, 0.15) is 43.7 Å². The molecule has 1 aliphatic rings. The normalized spacial score (nSPS) is 19.8. The van der Waals surface area contributed by atoms with Crippen LogP contribution in [0.5, 0.6) is 5.75 Å². The van der Waals surface area contributed by atoms with Crippen LogP contribution in [-0.4, -0.2) is 42.4 Å². The second-order valence-electron chi connectivity index (χ2n) is 6.04. The van der Waals surface area contributed by atoms with Gasteiger partial charge in [0.1, 0.15) is 12.4 Å². The van der Waals surface area contributed by atoms with Crippen LogP contribution >= 0.6 is 0 Å². The third kappa shape index (κ3) is 3.74. The molecule has 112 valence electrons. The molecular formula is C17H27NO2. The van der Waals surface area contributed by atoms with Crippen LogP contribution in [0.4, 0.5) is 0 Å². The van der Waals surface area contributed by atoms with Crippen LogP contribution < -0.4 is 4.74 Å². The first-order chi connectivity index (χ1) is 9.61. The average Bonchev–Trinajstić information content (AvgIpc) is 2.86. The Kier molecular flexibility index (Phi) is 5.44. The van der Waals surface area contributed by atoms with Crippen LogP contribution in [-0.2, 0) is 0 Å². The number of likely N-dealkylation sites (tertiary alicyclic amines) is 1. The van der Waals surface area contributed by atoms with Crippen molar-refractivity contribution in [3.63, 3.8) is 0 Å². The fraction of sp³-hybridized carbons (Fsp3) is 0.647. The number of aliphatic hydroxyl groups excluding tert-OH is 1. The summed E-state index contributed by atoms with van der Waals surface area (Å²) in [5.74, 6) is 1.51. The molecule has 3 nitrogen and oxygen atoms in total. The zero-order chi connectivity index (χ0) is 14.5. The maximum atomic E-state index is 9.29. The van der Waals surface area contributed by atoms with Gasteiger partial charge in [-0.2, -0.15) is 0 Å². The second-order valence-corrected chi connectivity index (χ2v) is 6.04. The predicted octanol–water partition coefficient (Wildman–Crippen LogP) is 2.95. The van der Waals surface area contributed by atoms with Crippen molar-refractivity contribution in [3.8, 4) is 5.75 Å². The Hall–Kier alpha value is -1.06. The summed E-state index contributed by atoms with van der Waals surface area (Å²) in [6.45, 7) is 9.51. The molecule has 1 aromatic rings. The van der Waals surface area contributed by atoms with Gasteiger partial charge in [-0.25, -0.2) is 0 Å². The van der Waals surface area contributed by atoms with E-state index in [1.54, 1.807) is 0 Å². The van der Waals surface area contributed by atoms with Gasteiger partial charge in [0.25, 0.3) is 0 Å². The molecular weight excluding hydrogens is 250 g/mol. The van der Waals surface area contributed by atoms with E-state index < -0.39 is 0 Å². The molecule has 1 aromatic carbocycles. The van der Waals surface area contributed by atoms with Gasteiger partial charge in [-0.3, -0.25) is 4.90 Å². The number of aliphatic hydroxyl groups is 1. The molecule has 0 spiro atoms. The van der Waals surface area contributed by atoms with E-state index in [1.807, 2.05) is 0 Å². The SMILES string of the molecule is Cc1cc(OCCN2CCCC2CO)ccc1C(C)C. The molecule has 1 fully saturated rings. The van der Waals surface area contributed by atoms with Gasteiger partial charge < -0.3 is 9.84 Å². The second kappa shape index (κ2) is 7.09. The first-order valence-corrected chi connectivity index (χ1v) is 7.70. The molecule has 20 heavy (non-hydrogen) atoms. The number of ether oxygens (including phenoxy) is 1. The third-order valence-electron chi connectivity index (χ3n) is 4.22. The van der Waals surface area contributed by atoms with Crippen molar-refractivity contribution in [2.24, 2.45) is 0 Å². The van der Waals surface area contributed by atoms with E-state index >= 15 is 0 Å². The largest absolute Gasteiger partial charge is 0.492 e. The number of hydrogen-bond donors (Lipinski definition) is 1. The minimum atomic E-state index is 0.266. The summed E-state index contributed by atoms with van der Waals surface area (Å²) in [7, 11) is 0.